The quantitative estimate of drug-likeness (QED) is 0.147. The van der Waals surface area contributed by atoms with Gasteiger partial charge >= 0.3 is 12.2 Å². The van der Waals surface area contributed by atoms with Gasteiger partial charge in [0.05, 0.1) is 14.2 Å². The minimum atomic E-state index is -0.733. The maximum Gasteiger partial charge on any atom is 0.407 e. The number of nitrogens with one attached hydrogen (secondary N) is 2. The van der Waals surface area contributed by atoms with Crippen LogP contribution in [0.5, 0.6) is 0 Å². The average Bonchev–Trinajstić information content (AvgIpc) is 4.03. The first kappa shape index (κ1) is 43.2. The molecule has 14 nitrogen and oxygen atoms in total. The number of ether oxygens (including phenoxy) is 2. The Hall–Kier alpha value is -5.92. The van der Waals surface area contributed by atoms with Crippen molar-refractivity contribution in [2.75, 3.05) is 33.9 Å². The Bertz CT molecular complexity index is 2220. The maximum atomic E-state index is 13.7. The SMILES string of the molecule is C.CCC.COC(=O)NCC(=O)N1CCC[C@H]1c1nc2cc(-c3ccc(-c4ccc5oc(C6C[C@H](C)CN6C(=O)[C@@H](NC(=O)OC)C(C)C)nc5c4)cc3)ccc2o1.[HH]. The molecule has 1 unspecified atom stereocenters. The first-order valence-corrected chi connectivity index (χ1v) is 19.6. The highest BCUT2D eigenvalue weighted by Crippen LogP contribution is 2.38. The van der Waals surface area contributed by atoms with Crippen molar-refractivity contribution in [2.45, 2.75) is 85.9 Å². The second-order valence-electron chi connectivity index (χ2n) is 15.0. The van der Waals surface area contributed by atoms with E-state index in [0.717, 1.165) is 35.1 Å². The van der Waals surface area contributed by atoms with E-state index in [4.69, 9.17) is 23.5 Å². The van der Waals surface area contributed by atoms with Crippen LogP contribution in [0.15, 0.2) is 69.5 Å². The van der Waals surface area contributed by atoms with Crippen LogP contribution in [0.1, 0.15) is 93.0 Å². The number of carbonyl (C=O) groups excluding carboxylic acids is 4. The molecule has 2 aromatic heterocycles. The molecule has 0 aliphatic carbocycles. The number of hydrogen-bond donors (Lipinski definition) is 2. The van der Waals surface area contributed by atoms with Crippen LogP contribution in [0.25, 0.3) is 44.5 Å². The number of rotatable bonds is 9. The molecule has 0 saturated carbocycles. The summed E-state index contributed by atoms with van der Waals surface area (Å²) >= 11 is 0. The van der Waals surface area contributed by atoms with Crippen LogP contribution in [-0.4, -0.2) is 83.7 Å². The zero-order valence-electron chi connectivity index (χ0n) is 33.7. The number of aromatic nitrogens is 2. The summed E-state index contributed by atoms with van der Waals surface area (Å²) in [6.07, 6.45) is 2.18. The molecule has 3 aromatic carbocycles. The highest BCUT2D eigenvalue weighted by molar-refractivity contribution is 5.87. The van der Waals surface area contributed by atoms with Crippen molar-refractivity contribution in [3.8, 4) is 22.3 Å². The average molecular weight is 799 g/mol. The van der Waals surface area contributed by atoms with Crippen LogP contribution in [0.4, 0.5) is 9.59 Å². The second kappa shape index (κ2) is 19.0. The fraction of sp³-hybridized carbons (Fsp3) is 0.455. The molecule has 4 amide bonds. The molecule has 2 aliphatic heterocycles. The van der Waals surface area contributed by atoms with E-state index >= 15 is 0 Å². The van der Waals surface area contributed by atoms with E-state index in [0.29, 0.717) is 53.5 Å². The van der Waals surface area contributed by atoms with Crippen molar-refractivity contribution in [1.29, 1.82) is 0 Å². The summed E-state index contributed by atoms with van der Waals surface area (Å²) in [5.74, 6) is 0.643. The Balaban J connectivity index is 0.00000149. The van der Waals surface area contributed by atoms with Gasteiger partial charge in [0.15, 0.2) is 11.2 Å². The molecule has 0 radical (unpaired) electrons. The zero-order chi connectivity index (χ0) is 40.8. The molecule has 0 spiro atoms. The van der Waals surface area contributed by atoms with E-state index in [2.05, 4.69) is 60.4 Å². The number of fused-ring (bicyclic) bond motifs is 2. The summed E-state index contributed by atoms with van der Waals surface area (Å²) in [4.78, 5) is 63.1. The van der Waals surface area contributed by atoms with Crippen molar-refractivity contribution in [3.63, 3.8) is 0 Å². The van der Waals surface area contributed by atoms with Crippen LogP contribution < -0.4 is 10.6 Å². The summed E-state index contributed by atoms with van der Waals surface area (Å²) < 4.78 is 21.7. The first-order chi connectivity index (χ1) is 27.4. The Kier molecular flexibility index (Phi) is 14.2. The predicted molar refractivity (Wildman–Crippen MR) is 224 cm³/mol. The lowest BCUT2D eigenvalue weighted by molar-refractivity contribution is -0.136. The number of carbonyl (C=O) groups is 4. The molecular weight excluding hydrogens is 741 g/mol. The Morgan fingerprint density at radius 3 is 1.84 bits per heavy atom. The molecular formula is C44H58N6O8. The molecule has 58 heavy (non-hydrogen) atoms. The van der Waals surface area contributed by atoms with Gasteiger partial charge in [-0.05, 0) is 77.6 Å². The molecule has 2 fully saturated rings. The summed E-state index contributed by atoms with van der Waals surface area (Å²) in [6, 6.07) is 18.6. The molecule has 7 rings (SSSR count). The van der Waals surface area contributed by atoms with E-state index in [-0.39, 0.29) is 51.1 Å². The maximum absolute atomic E-state index is 13.7. The number of alkyl carbamates (subject to hydrolysis) is 2. The molecule has 2 saturated heterocycles. The van der Waals surface area contributed by atoms with Crippen molar-refractivity contribution in [3.05, 3.63) is 72.4 Å². The highest BCUT2D eigenvalue weighted by atomic mass is 16.5. The third-order valence-electron chi connectivity index (χ3n) is 10.3. The smallest absolute Gasteiger partial charge is 0.407 e. The van der Waals surface area contributed by atoms with E-state index in [9.17, 15) is 19.2 Å². The molecule has 2 aliphatic rings. The van der Waals surface area contributed by atoms with Gasteiger partial charge in [0.2, 0.25) is 23.6 Å². The third-order valence-corrected chi connectivity index (χ3v) is 10.3. The molecule has 4 atom stereocenters. The van der Waals surface area contributed by atoms with Crippen LogP contribution >= 0.6 is 0 Å². The van der Waals surface area contributed by atoms with Gasteiger partial charge < -0.3 is 38.7 Å². The topological polar surface area (TPSA) is 169 Å². The third kappa shape index (κ3) is 9.43. The fourth-order valence-electron chi connectivity index (χ4n) is 7.43. The van der Waals surface area contributed by atoms with Gasteiger partial charge in [0.1, 0.15) is 35.7 Å². The molecule has 0 bridgehead atoms. The molecule has 2 N–H and O–H groups in total. The van der Waals surface area contributed by atoms with Crippen LogP contribution in [0.2, 0.25) is 0 Å². The van der Waals surface area contributed by atoms with Gasteiger partial charge in [-0.15, -0.1) is 0 Å². The fourth-order valence-corrected chi connectivity index (χ4v) is 7.43. The van der Waals surface area contributed by atoms with E-state index in [1.807, 2.05) is 50.2 Å². The van der Waals surface area contributed by atoms with Gasteiger partial charge in [0, 0.05) is 14.5 Å². The van der Waals surface area contributed by atoms with Gasteiger partial charge in [-0.1, -0.05) is 84.9 Å². The highest BCUT2D eigenvalue weighted by Gasteiger charge is 2.41. The van der Waals surface area contributed by atoms with Crippen LogP contribution in [0, 0.1) is 11.8 Å². The molecule has 4 heterocycles. The monoisotopic (exact) mass is 798 g/mol. The van der Waals surface area contributed by atoms with Gasteiger partial charge in [-0.25, -0.2) is 19.6 Å². The number of amides is 4. The lowest BCUT2D eigenvalue weighted by atomic mass is 10.00. The van der Waals surface area contributed by atoms with Gasteiger partial charge in [-0.2, -0.15) is 0 Å². The summed E-state index contributed by atoms with van der Waals surface area (Å²) in [5.41, 5.74) is 6.61. The van der Waals surface area contributed by atoms with Crippen molar-refractivity contribution >= 4 is 46.2 Å². The van der Waals surface area contributed by atoms with Crippen molar-refractivity contribution < 1.29 is 38.9 Å². The summed E-state index contributed by atoms with van der Waals surface area (Å²) in [5, 5.41) is 5.14. The molecule has 14 heteroatoms. The van der Waals surface area contributed by atoms with Crippen LogP contribution in [0.3, 0.4) is 0 Å². The zero-order valence-corrected chi connectivity index (χ0v) is 33.7. The number of methoxy groups -OCH3 is 2. The molecule has 5 aromatic rings. The second-order valence-corrected chi connectivity index (χ2v) is 15.0. The predicted octanol–water partition coefficient (Wildman–Crippen LogP) is 8.91. The minimum absolute atomic E-state index is 0. The number of benzene rings is 3. The Labute approximate surface area is 341 Å². The number of likely N-dealkylation sites (tertiary alicyclic amines) is 2. The largest absolute Gasteiger partial charge is 0.453 e. The van der Waals surface area contributed by atoms with Crippen molar-refractivity contribution in [2.24, 2.45) is 11.8 Å². The minimum Gasteiger partial charge on any atom is -0.453 e. The normalized spacial score (nSPS) is 18.0. The summed E-state index contributed by atoms with van der Waals surface area (Å²) in [6.45, 7) is 11.1. The molecule has 312 valence electrons. The van der Waals surface area contributed by atoms with E-state index in [1.165, 1.54) is 20.6 Å². The standard InChI is InChI=1S/C40H44N6O8.C3H8.CH4.H2/c1-22(2)35(44-40(50)52-5)38(48)46-21-23(3)17-31(46)37-43-29-19-27(13-15-33(29)54-37)25-10-8-24(9-11-25)26-12-14-32-28(18-26)42-36(53-32)30-7-6-16-45(30)34(47)20-41-39(49)51-4;1-3-2;;/h8-15,18-19,22-23,30-31,35H,6-7,16-17,20-21H2,1-5H3,(H,41,49)(H,44,50);3H2,1-2H3;1H4;1H/t23-,30-,31?,35-;;;/m0.../s1. The Morgan fingerprint density at radius 1 is 0.810 bits per heavy atom. The summed E-state index contributed by atoms with van der Waals surface area (Å²) in [7, 11) is 2.53. The van der Waals surface area contributed by atoms with E-state index < -0.39 is 18.2 Å². The van der Waals surface area contributed by atoms with Crippen molar-refractivity contribution in [1.82, 2.24) is 30.4 Å². The first-order valence-electron chi connectivity index (χ1n) is 19.6. The Morgan fingerprint density at radius 2 is 1.33 bits per heavy atom. The number of oxazole rings is 2. The van der Waals surface area contributed by atoms with E-state index in [1.54, 1.807) is 9.80 Å². The number of hydrogen-bond acceptors (Lipinski definition) is 10. The van der Waals surface area contributed by atoms with Gasteiger partial charge in [-0.3, -0.25) is 9.59 Å². The number of nitrogens with zero attached hydrogens (tertiary/aromatic N) is 4. The lowest BCUT2D eigenvalue weighted by Crippen LogP contribution is -2.51. The van der Waals surface area contributed by atoms with Crippen LogP contribution in [-0.2, 0) is 19.1 Å². The lowest BCUT2D eigenvalue weighted by Gasteiger charge is -2.29. The van der Waals surface area contributed by atoms with Gasteiger partial charge in [0.25, 0.3) is 0 Å².